The maximum atomic E-state index is 13.6. The van der Waals surface area contributed by atoms with Crippen LogP contribution < -0.4 is 10.1 Å². The van der Waals surface area contributed by atoms with Crippen LogP contribution in [0.25, 0.3) is 0 Å². The van der Waals surface area contributed by atoms with Gasteiger partial charge in [-0.1, -0.05) is 111 Å². The van der Waals surface area contributed by atoms with Crippen LogP contribution in [0.1, 0.15) is 62.3 Å². The highest BCUT2D eigenvalue weighted by atomic mass is 32.2. The van der Waals surface area contributed by atoms with E-state index >= 15 is 0 Å². The monoisotopic (exact) mass is 568 g/mol. The van der Waals surface area contributed by atoms with E-state index in [1.54, 1.807) is 16.4 Å². The fourth-order valence-electron chi connectivity index (χ4n) is 4.75. The molecule has 212 valence electrons. The van der Waals surface area contributed by atoms with E-state index in [0.717, 1.165) is 29.1 Å². The first kappa shape index (κ1) is 28.5. The lowest BCUT2D eigenvalue weighted by Crippen LogP contribution is -2.29. The highest BCUT2D eigenvalue weighted by Gasteiger charge is 2.35. The van der Waals surface area contributed by atoms with Gasteiger partial charge < -0.3 is 14.8 Å². The molecule has 4 aromatic rings. The van der Waals surface area contributed by atoms with Crippen LogP contribution in [0.3, 0.4) is 0 Å². The molecule has 1 aliphatic rings. The third-order valence-electron chi connectivity index (χ3n) is 6.94. The van der Waals surface area contributed by atoms with Crippen LogP contribution in [-0.2, 0) is 21.9 Å². The zero-order valence-corrected chi connectivity index (χ0v) is 24.4. The normalized spacial score (nSPS) is 14.3. The van der Waals surface area contributed by atoms with Crippen molar-refractivity contribution in [3.05, 3.63) is 113 Å². The molecule has 41 heavy (non-hydrogen) atoms. The van der Waals surface area contributed by atoms with E-state index in [9.17, 15) is 4.79 Å². The minimum atomic E-state index is -0.494. The lowest BCUT2D eigenvalue weighted by Gasteiger charge is -2.28. The van der Waals surface area contributed by atoms with Crippen molar-refractivity contribution >= 4 is 23.7 Å². The van der Waals surface area contributed by atoms with Crippen molar-refractivity contribution in [3.63, 3.8) is 0 Å². The molecule has 1 aliphatic heterocycles. The Morgan fingerprint density at radius 3 is 2.34 bits per heavy atom. The van der Waals surface area contributed by atoms with Gasteiger partial charge >= 0.3 is 5.97 Å². The predicted molar refractivity (Wildman–Crippen MR) is 163 cm³/mol. The molecule has 0 saturated heterocycles. The quantitative estimate of drug-likeness (QED) is 0.101. The second-order valence-electron chi connectivity index (χ2n) is 10.0. The van der Waals surface area contributed by atoms with E-state index in [1.807, 2.05) is 79.7 Å². The second kappa shape index (κ2) is 14.0. The summed E-state index contributed by atoms with van der Waals surface area (Å²) >= 11 is 1.56. The van der Waals surface area contributed by atoms with Crippen molar-refractivity contribution in [2.75, 3.05) is 11.9 Å². The number of esters is 1. The number of aromatic nitrogens is 3. The van der Waals surface area contributed by atoms with Gasteiger partial charge in [0.1, 0.15) is 18.4 Å². The van der Waals surface area contributed by atoms with Gasteiger partial charge in [0.25, 0.3) is 0 Å². The molecule has 0 fully saturated rings. The summed E-state index contributed by atoms with van der Waals surface area (Å²) in [4.78, 5) is 18.3. The van der Waals surface area contributed by atoms with Crippen LogP contribution in [0, 0.1) is 0 Å². The zero-order valence-electron chi connectivity index (χ0n) is 23.6. The minimum absolute atomic E-state index is 0.191. The Kier molecular flexibility index (Phi) is 9.75. The number of allylic oxidation sites excluding steroid dienone is 1. The van der Waals surface area contributed by atoms with Gasteiger partial charge in [-0.2, -0.15) is 4.98 Å². The summed E-state index contributed by atoms with van der Waals surface area (Å²) in [6.45, 7) is 4.97. The smallest absolute Gasteiger partial charge is 0.338 e. The SMILES string of the molecule is CCCCCCOc1ccc(C2C(C(=O)OCc3ccccc3)=C(C)Nc3nc(SCc4ccccc4)nn32)cc1. The number of hydrogen-bond acceptors (Lipinski definition) is 7. The topological polar surface area (TPSA) is 78.3 Å². The molecule has 1 N–H and O–H groups in total. The Bertz CT molecular complexity index is 1450. The average molecular weight is 569 g/mol. The van der Waals surface area contributed by atoms with Gasteiger partial charge in [-0.15, -0.1) is 5.10 Å². The molecule has 1 aromatic heterocycles. The molecular weight excluding hydrogens is 532 g/mol. The summed E-state index contributed by atoms with van der Waals surface area (Å²) in [6, 6.07) is 27.3. The van der Waals surface area contributed by atoms with Crippen LogP contribution in [0.2, 0.25) is 0 Å². The van der Waals surface area contributed by atoms with Crippen LogP contribution in [0.15, 0.2) is 101 Å². The molecule has 5 rings (SSSR count). The molecule has 1 unspecified atom stereocenters. The van der Waals surface area contributed by atoms with E-state index in [2.05, 4.69) is 24.4 Å². The number of anilines is 1. The van der Waals surface area contributed by atoms with Crippen molar-refractivity contribution in [2.45, 2.75) is 63.1 Å². The number of carbonyl (C=O) groups is 1. The number of benzene rings is 3. The number of carbonyl (C=O) groups excluding carboxylic acids is 1. The summed E-state index contributed by atoms with van der Waals surface area (Å²) in [5.74, 6) is 1.77. The summed E-state index contributed by atoms with van der Waals surface area (Å²) in [7, 11) is 0. The Balaban J connectivity index is 1.39. The molecule has 0 spiro atoms. The first-order chi connectivity index (χ1) is 20.1. The lowest BCUT2D eigenvalue weighted by molar-refractivity contribution is -0.140. The maximum Gasteiger partial charge on any atom is 0.338 e. The second-order valence-corrected chi connectivity index (χ2v) is 11.0. The van der Waals surface area contributed by atoms with Crippen LogP contribution >= 0.6 is 11.8 Å². The van der Waals surface area contributed by atoms with Crippen molar-refractivity contribution in [2.24, 2.45) is 0 Å². The van der Waals surface area contributed by atoms with E-state index < -0.39 is 6.04 Å². The molecule has 3 aromatic carbocycles. The van der Waals surface area contributed by atoms with Crippen LogP contribution in [-0.4, -0.2) is 27.3 Å². The summed E-state index contributed by atoms with van der Waals surface area (Å²) in [6.07, 6.45) is 4.63. The van der Waals surface area contributed by atoms with Crippen LogP contribution in [0.5, 0.6) is 5.75 Å². The van der Waals surface area contributed by atoms with Gasteiger partial charge in [-0.25, -0.2) is 9.48 Å². The predicted octanol–water partition coefficient (Wildman–Crippen LogP) is 7.56. The van der Waals surface area contributed by atoms with E-state index in [-0.39, 0.29) is 12.6 Å². The Hall–Kier alpha value is -4.04. The first-order valence-electron chi connectivity index (χ1n) is 14.2. The van der Waals surface area contributed by atoms with Gasteiger partial charge in [0.05, 0.1) is 12.2 Å². The number of rotatable bonds is 13. The van der Waals surface area contributed by atoms with Crippen molar-refractivity contribution < 1.29 is 14.3 Å². The lowest BCUT2D eigenvalue weighted by atomic mass is 9.95. The standard InChI is InChI=1S/C33H36N4O3S/c1-3-4-5-12-21-39-28-19-17-27(18-20-28)30-29(31(38)40-22-25-13-8-6-9-14-25)24(2)34-32-35-33(36-37(30)32)41-23-26-15-10-7-11-16-26/h6-11,13-20,30H,3-5,12,21-23H2,1-2H3,(H,34,35,36). The van der Waals surface area contributed by atoms with Gasteiger partial charge in [0.15, 0.2) is 0 Å². The van der Waals surface area contributed by atoms with Crippen molar-refractivity contribution in [1.82, 2.24) is 14.8 Å². The molecule has 0 amide bonds. The largest absolute Gasteiger partial charge is 0.494 e. The number of hydrogen-bond donors (Lipinski definition) is 1. The third kappa shape index (κ3) is 7.38. The first-order valence-corrected chi connectivity index (χ1v) is 15.2. The molecular formula is C33H36N4O3S. The summed E-state index contributed by atoms with van der Waals surface area (Å²) < 4.78 is 13.6. The Morgan fingerprint density at radius 1 is 0.927 bits per heavy atom. The number of fused-ring (bicyclic) bond motifs is 1. The zero-order chi connectivity index (χ0) is 28.4. The summed E-state index contributed by atoms with van der Waals surface area (Å²) in [5.41, 5.74) is 4.23. The fourth-order valence-corrected chi connectivity index (χ4v) is 5.54. The minimum Gasteiger partial charge on any atom is -0.494 e. The van der Waals surface area contributed by atoms with Crippen LogP contribution in [0.4, 0.5) is 5.95 Å². The van der Waals surface area contributed by atoms with Crippen molar-refractivity contribution in [3.8, 4) is 5.75 Å². The fraction of sp³-hybridized carbons (Fsp3) is 0.303. The number of unbranched alkanes of at least 4 members (excludes halogenated alkanes) is 3. The molecule has 2 heterocycles. The Morgan fingerprint density at radius 2 is 1.63 bits per heavy atom. The number of ether oxygens (including phenoxy) is 2. The van der Waals surface area contributed by atoms with E-state index in [1.165, 1.54) is 24.8 Å². The summed E-state index contributed by atoms with van der Waals surface area (Å²) in [5, 5.41) is 8.77. The number of nitrogens with zero attached hydrogens (tertiary/aromatic N) is 3. The highest BCUT2D eigenvalue weighted by molar-refractivity contribution is 7.98. The molecule has 0 aliphatic carbocycles. The maximum absolute atomic E-state index is 13.6. The van der Waals surface area contributed by atoms with Gasteiger partial charge in [0, 0.05) is 11.4 Å². The molecule has 7 nitrogen and oxygen atoms in total. The average Bonchev–Trinajstić information content (AvgIpc) is 3.42. The number of thioether (sulfide) groups is 1. The number of nitrogens with one attached hydrogen (secondary N) is 1. The van der Waals surface area contributed by atoms with Gasteiger partial charge in [-0.05, 0) is 42.2 Å². The molecule has 1 atom stereocenters. The third-order valence-corrected chi connectivity index (χ3v) is 7.85. The molecule has 8 heteroatoms. The highest BCUT2D eigenvalue weighted by Crippen LogP contribution is 2.37. The Labute approximate surface area is 246 Å². The molecule has 0 saturated carbocycles. The van der Waals surface area contributed by atoms with Gasteiger partial charge in [-0.3, -0.25) is 0 Å². The van der Waals surface area contributed by atoms with E-state index in [4.69, 9.17) is 19.6 Å². The van der Waals surface area contributed by atoms with Gasteiger partial charge in [0.2, 0.25) is 11.1 Å². The van der Waals surface area contributed by atoms with Crippen molar-refractivity contribution in [1.29, 1.82) is 0 Å². The van der Waals surface area contributed by atoms with E-state index in [0.29, 0.717) is 29.0 Å². The molecule has 0 bridgehead atoms. The molecule has 0 radical (unpaired) electrons.